The predicted molar refractivity (Wildman–Crippen MR) is 83.0 cm³/mol. The van der Waals surface area contributed by atoms with Crippen molar-refractivity contribution < 1.29 is 9.53 Å². The molecule has 1 aromatic carbocycles. The Kier molecular flexibility index (Phi) is 6.56. The van der Waals surface area contributed by atoms with Crippen LogP contribution in [0.15, 0.2) is 24.3 Å². The lowest BCUT2D eigenvalue weighted by Gasteiger charge is -2.22. The number of hydrogen-bond acceptors (Lipinski definition) is 2. The normalized spacial score (nSPS) is 13.9. The van der Waals surface area contributed by atoms with Crippen molar-refractivity contribution in [1.82, 2.24) is 5.32 Å². The molecule has 0 aliphatic rings. The number of rotatable bonds is 7. The molecule has 0 saturated carbocycles. The van der Waals surface area contributed by atoms with Gasteiger partial charge in [0.2, 0.25) is 0 Å². The summed E-state index contributed by atoms with van der Waals surface area (Å²) in [5.41, 5.74) is 1.27. The fourth-order valence-electron chi connectivity index (χ4n) is 1.77. The number of hydrogen-bond donors (Lipinski definition) is 1. The smallest absolute Gasteiger partial charge is 0.261 e. The van der Waals surface area contributed by atoms with E-state index in [1.165, 1.54) is 5.56 Å². The summed E-state index contributed by atoms with van der Waals surface area (Å²) >= 11 is 0. The van der Waals surface area contributed by atoms with Crippen LogP contribution >= 0.6 is 0 Å². The average molecular weight is 277 g/mol. The molecule has 0 fully saturated rings. The quantitative estimate of drug-likeness (QED) is 0.827. The Hall–Kier alpha value is -1.51. The molecule has 0 bridgehead atoms. The van der Waals surface area contributed by atoms with Gasteiger partial charge < -0.3 is 10.1 Å². The van der Waals surface area contributed by atoms with Crippen LogP contribution in [0.5, 0.6) is 5.75 Å². The molecule has 1 aromatic rings. The molecule has 0 aliphatic heterocycles. The number of benzene rings is 1. The van der Waals surface area contributed by atoms with Gasteiger partial charge in [-0.25, -0.2) is 0 Å². The Morgan fingerprint density at radius 1 is 1.15 bits per heavy atom. The predicted octanol–water partition coefficient (Wildman–Crippen LogP) is 3.57. The second kappa shape index (κ2) is 7.93. The summed E-state index contributed by atoms with van der Waals surface area (Å²) in [5.74, 6) is 1.13. The van der Waals surface area contributed by atoms with Crippen molar-refractivity contribution in [2.24, 2.45) is 5.92 Å². The van der Waals surface area contributed by atoms with Crippen LogP contribution in [0, 0.1) is 5.92 Å². The molecular formula is C17H27NO2. The second-order valence-corrected chi connectivity index (χ2v) is 5.55. The Morgan fingerprint density at radius 2 is 1.75 bits per heavy atom. The van der Waals surface area contributed by atoms with Gasteiger partial charge in [0.25, 0.3) is 5.91 Å². The van der Waals surface area contributed by atoms with Gasteiger partial charge in [0.15, 0.2) is 6.10 Å². The first kappa shape index (κ1) is 16.5. The summed E-state index contributed by atoms with van der Waals surface area (Å²) in [7, 11) is 0. The summed E-state index contributed by atoms with van der Waals surface area (Å²) in [6.07, 6.45) is 1.24. The van der Waals surface area contributed by atoms with Gasteiger partial charge in [0.1, 0.15) is 5.75 Å². The molecule has 3 heteroatoms. The van der Waals surface area contributed by atoms with Crippen LogP contribution in [-0.2, 0) is 11.2 Å². The van der Waals surface area contributed by atoms with E-state index in [-0.39, 0.29) is 11.9 Å². The Labute approximate surface area is 122 Å². The van der Waals surface area contributed by atoms with Crippen LogP contribution in [0.2, 0.25) is 0 Å². The molecule has 0 aliphatic carbocycles. The third-order valence-electron chi connectivity index (χ3n) is 3.64. The summed E-state index contributed by atoms with van der Waals surface area (Å²) in [6.45, 7) is 10.3. The van der Waals surface area contributed by atoms with E-state index in [4.69, 9.17) is 4.74 Å². The molecule has 20 heavy (non-hydrogen) atoms. The van der Waals surface area contributed by atoms with Crippen molar-refractivity contribution >= 4 is 5.91 Å². The zero-order chi connectivity index (χ0) is 15.1. The highest BCUT2D eigenvalue weighted by molar-refractivity contribution is 5.81. The molecular weight excluding hydrogens is 250 g/mol. The number of aryl methyl sites for hydroxylation is 1. The van der Waals surface area contributed by atoms with Crippen molar-refractivity contribution in [2.75, 3.05) is 0 Å². The summed E-state index contributed by atoms with van der Waals surface area (Å²) in [4.78, 5) is 12.2. The second-order valence-electron chi connectivity index (χ2n) is 5.55. The third kappa shape index (κ3) is 4.87. The van der Waals surface area contributed by atoms with Gasteiger partial charge >= 0.3 is 0 Å². The van der Waals surface area contributed by atoms with Crippen LogP contribution in [-0.4, -0.2) is 18.1 Å². The summed E-state index contributed by atoms with van der Waals surface area (Å²) in [5, 5.41) is 3.01. The minimum atomic E-state index is -0.427. The number of ether oxygens (including phenoxy) is 1. The fraction of sp³-hybridized carbons (Fsp3) is 0.588. The maximum Gasteiger partial charge on any atom is 0.261 e. The zero-order valence-electron chi connectivity index (χ0n) is 13.3. The molecule has 1 rings (SSSR count). The first-order chi connectivity index (χ1) is 9.47. The summed E-state index contributed by atoms with van der Waals surface area (Å²) in [6, 6.07) is 8.09. The maximum absolute atomic E-state index is 12.2. The van der Waals surface area contributed by atoms with Crippen LogP contribution in [0.25, 0.3) is 0 Å². The lowest BCUT2D eigenvalue weighted by atomic mass is 10.1. The average Bonchev–Trinajstić information content (AvgIpc) is 2.44. The topological polar surface area (TPSA) is 38.3 Å². The van der Waals surface area contributed by atoms with Gasteiger partial charge in [-0.3, -0.25) is 4.79 Å². The van der Waals surface area contributed by atoms with Crippen molar-refractivity contribution in [3.8, 4) is 5.75 Å². The van der Waals surface area contributed by atoms with Gasteiger partial charge in [-0.15, -0.1) is 0 Å². The number of amides is 1. The molecule has 2 atom stereocenters. The van der Waals surface area contributed by atoms with E-state index in [0.717, 1.165) is 12.2 Å². The molecule has 0 aromatic heterocycles. The van der Waals surface area contributed by atoms with E-state index in [1.54, 1.807) is 0 Å². The van der Waals surface area contributed by atoms with Gasteiger partial charge in [-0.1, -0.05) is 39.8 Å². The first-order valence-corrected chi connectivity index (χ1v) is 7.53. The minimum absolute atomic E-state index is 0.0340. The minimum Gasteiger partial charge on any atom is -0.481 e. The van der Waals surface area contributed by atoms with Crippen molar-refractivity contribution in [3.05, 3.63) is 29.8 Å². The molecule has 0 unspecified atom stereocenters. The number of carbonyl (C=O) groups excluding carboxylic acids is 1. The highest BCUT2D eigenvalue weighted by Crippen LogP contribution is 2.15. The van der Waals surface area contributed by atoms with Crippen molar-refractivity contribution in [1.29, 1.82) is 0 Å². The van der Waals surface area contributed by atoms with E-state index in [0.29, 0.717) is 12.3 Å². The van der Waals surface area contributed by atoms with E-state index in [9.17, 15) is 4.79 Å². The van der Waals surface area contributed by atoms with Gasteiger partial charge in [-0.05, 0) is 43.4 Å². The van der Waals surface area contributed by atoms with Crippen LogP contribution < -0.4 is 10.1 Å². The molecule has 0 saturated heterocycles. The lowest BCUT2D eigenvalue weighted by molar-refractivity contribution is -0.129. The van der Waals surface area contributed by atoms with Gasteiger partial charge in [-0.2, -0.15) is 0 Å². The Morgan fingerprint density at radius 3 is 2.20 bits per heavy atom. The third-order valence-corrected chi connectivity index (χ3v) is 3.64. The Balaban J connectivity index is 2.63. The number of nitrogens with one attached hydrogen (secondary N) is 1. The van der Waals surface area contributed by atoms with E-state index in [1.807, 2.05) is 38.1 Å². The molecule has 1 N–H and O–H groups in total. The first-order valence-electron chi connectivity index (χ1n) is 7.53. The highest BCUT2D eigenvalue weighted by atomic mass is 16.5. The monoisotopic (exact) mass is 277 g/mol. The molecule has 3 nitrogen and oxygen atoms in total. The van der Waals surface area contributed by atoms with Gasteiger partial charge in [0, 0.05) is 6.04 Å². The maximum atomic E-state index is 12.2. The van der Waals surface area contributed by atoms with Crippen molar-refractivity contribution in [2.45, 2.75) is 59.6 Å². The standard InChI is InChI=1S/C17H27NO2/c1-6-14-8-10-15(11-9-14)20-16(7-2)17(19)18-13(5)12(3)4/h8-13,16H,6-7H2,1-5H3,(H,18,19)/t13-,16-/m1/s1. The molecule has 0 spiro atoms. The lowest BCUT2D eigenvalue weighted by Crippen LogP contribution is -2.44. The van der Waals surface area contributed by atoms with E-state index >= 15 is 0 Å². The fourth-order valence-corrected chi connectivity index (χ4v) is 1.77. The SMILES string of the molecule is CCc1ccc(O[C@H](CC)C(=O)N[C@H](C)C(C)C)cc1. The molecule has 0 radical (unpaired) electrons. The molecule has 1 amide bonds. The van der Waals surface area contributed by atoms with Crippen LogP contribution in [0.1, 0.15) is 46.6 Å². The van der Waals surface area contributed by atoms with Crippen molar-refractivity contribution in [3.63, 3.8) is 0 Å². The van der Waals surface area contributed by atoms with Crippen LogP contribution in [0.3, 0.4) is 0 Å². The van der Waals surface area contributed by atoms with Crippen LogP contribution in [0.4, 0.5) is 0 Å². The Bertz CT molecular complexity index is 412. The highest BCUT2D eigenvalue weighted by Gasteiger charge is 2.21. The van der Waals surface area contributed by atoms with Gasteiger partial charge in [0.05, 0.1) is 0 Å². The summed E-state index contributed by atoms with van der Waals surface area (Å²) < 4.78 is 5.79. The van der Waals surface area contributed by atoms with E-state index in [2.05, 4.69) is 26.1 Å². The zero-order valence-corrected chi connectivity index (χ0v) is 13.3. The molecule has 112 valence electrons. The largest absolute Gasteiger partial charge is 0.481 e. The number of carbonyl (C=O) groups is 1. The van der Waals surface area contributed by atoms with E-state index < -0.39 is 6.10 Å². The molecule has 0 heterocycles.